The van der Waals surface area contributed by atoms with Crippen LogP contribution >= 0.6 is 11.6 Å². The molecule has 0 saturated carbocycles. The number of sulfonamides is 1. The van der Waals surface area contributed by atoms with Crippen LogP contribution < -0.4 is 4.72 Å². The van der Waals surface area contributed by atoms with Gasteiger partial charge in [0.2, 0.25) is 15.9 Å². The fourth-order valence-electron chi connectivity index (χ4n) is 2.09. The minimum Gasteiger partial charge on any atom is -0.344 e. The molecule has 1 amide bonds. The first kappa shape index (κ1) is 15.2. The Hall–Kier alpha value is -1.18. The standard InChI is InChI=1S/C12H14ClFN2O3S/c1-16-6-9(5-12(16)17)15-20(18,19)7-8-2-3-11(14)10(13)4-8/h2-4,9,15H,5-7H2,1H3/t9-/m0/s1. The summed E-state index contributed by atoms with van der Waals surface area (Å²) in [7, 11) is -1.98. The zero-order valence-electron chi connectivity index (χ0n) is 10.8. The molecule has 1 aromatic carbocycles. The van der Waals surface area contributed by atoms with E-state index in [1.54, 1.807) is 7.05 Å². The monoisotopic (exact) mass is 320 g/mol. The maximum Gasteiger partial charge on any atom is 0.224 e. The molecule has 0 aromatic heterocycles. The number of likely N-dealkylation sites (tertiary alicyclic amines) is 1. The minimum atomic E-state index is -3.60. The van der Waals surface area contributed by atoms with E-state index in [0.717, 1.165) is 6.07 Å². The summed E-state index contributed by atoms with van der Waals surface area (Å²) in [4.78, 5) is 12.8. The molecule has 0 spiro atoms. The number of rotatable bonds is 4. The van der Waals surface area contributed by atoms with Crippen LogP contribution in [0.25, 0.3) is 0 Å². The Morgan fingerprint density at radius 2 is 2.20 bits per heavy atom. The van der Waals surface area contributed by atoms with Crippen molar-refractivity contribution in [1.29, 1.82) is 0 Å². The van der Waals surface area contributed by atoms with Crippen LogP contribution in [0.1, 0.15) is 12.0 Å². The Balaban J connectivity index is 2.04. The highest BCUT2D eigenvalue weighted by Gasteiger charge is 2.29. The number of nitrogens with one attached hydrogen (secondary N) is 1. The largest absolute Gasteiger partial charge is 0.344 e. The molecule has 110 valence electrons. The van der Waals surface area contributed by atoms with Gasteiger partial charge in [-0.2, -0.15) is 0 Å². The summed E-state index contributed by atoms with van der Waals surface area (Å²) in [5.74, 6) is -0.993. The van der Waals surface area contributed by atoms with Crippen LogP contribution in [0.3, 0.4) is 0 Å². The molecule has 1 heterocycles. The quantitative estimate of drug-likeness (QED) is 0.904. The van der Waals surface area contributed by atoms with Crippen molar-refractivity contribution in [3.8, 4) is 0 Å². The van der Waals surface area contributed by atoms with E-state index in [0.29, 0.717) is 12.1 Å². The smallest absolute Gasteiger partial charge is 0.224 e. The Labute approximate surface area is 121 Å². The third-order valence-corrected chi connectivity index (χ3v) is 4.72. The summed E-state index contributed by atoms with van der Waals surface area (Å²) in [6.07, 6.45) is 0.153. The molecule has 0 bridgehead atoms. The molecule has 0 unspecified atom stereocenters. The van der Waals surface area contributed by atoms with Crippen LogP contribution in [0, 0.1) is 5.82 Å². The van der Waals surface area contributed by atoms with E-state index in [1.165, 1.54) is 17.0 Å². The molecule has 2 rings (SSSR count). The summed E-state index contributed by atoms with van der Waals surface area (Å²) in [6, 6.07) is 3.35. The lowest BCUT2D eigenvalue weighted by Crippen LogP contribution is -2.37. The molecule has 1 N–H and O–H groups in total. The predicted molar refractivity (Wildman–Crippen MR) is 73.2 cm³/mol. The van der Waals surface area contributed by atoms with Crippen molar-refractivity contribution in [2.24, 2.45) is 0 Å². The van der Waals surface area contributed by atoms with E-state index in [1.807, 2.05) is 0 Å². The van der Waals surface area contributed by atoms with Gasteiger partial charge in [0, 0.05) is 26.1 Å². The molecule has 1 saturated heterocycles. The number of hydrogen-bond acceptors (Lipinski definition) is 3. The van der Waals surface area contributed by atoms with Crippen LogP contribution in [0.4, 0.5) is 4.39 Å². The lowest BCUT2D eigenvalue weighted by molar-refractivity contribution is -0.126. The summed E-state index contributed by atoms with van der Waals surface area (Å²) >= 11 is 5.61. The highest BCUT2D eigenvalue weighted by Crippen LogP contribution is 2.18. The van der Waals surface area contributed by atoms with Crippen LogP contribution in [-0.4, -0.2) is 38.9 Å². The van der Waals surface area contributed by atoms with Gasteiger partial charge in [-0.05, 0) is 17.7 Å². The SMILES string of the molecule is CN1C[C@@H](NS(=O)(=O)Cc2ccc(F)c(Cl)c2)CC1=O. The van der Waals surface area contributed by atoms with E-state index >= 15 is 0 Å². The molecule has 1 fully saturated rings. The van der Waals surface area contributed by atoms with E-state index < -0.39 is 21.9 Å². The van der Waals surface area contributed by atoms with Gasteiger partial charge in [-0.25, -0.2) is 17.5 Å². The molecule has 1 aliphatic rings. The van der Waals surface area contributed by atoms with Crippen LogP contribution in [0.15, 0.2) is 18.2 Å². The van der Waals surface area contributed by atoms with Gasteiger partial charge in [0.05, 0.1) is 10.8 Å². The zero-order chi connectivity index (χ0) is 14.9. The maximum absolute atomic E-state index is 13.0. The van der Waals surface area contributed by atoms with E-state index in [9.17, 15) is 17.6 Å². The molecule has 1 atom stereocenters. The molecule has 5 nitrogen and oxygen atoms in total. The number of hydrogen-bond donors (Lipinski definition) is 1. The fraction of sp³-hybridized carbons (Fsp3) is 0.417. The number of halogens is 2. The second-order valence-electron chi connectivity index (χ2n) is 4.80. The first-order chi connectivity index (χ1) is 9.27. The average molecular weight is 321 g/mol. The van der Waals surface area contributed by atoms with Crippen molar-refractivity contribution in [3.05, 3.63) is 34.6 Å². The summed E-state index contributed by atoms with van der Waals surface area (Å²) in [6.45, 7) is 0.349. The van der Waals surface area contributed by atoms with E-state index in [2.05, 4.69) is 4.72 Å². The van der Waals surface area contributed by atoms with Gasteiger partial charge >= 0.3 is 0 Å². The molecule has 1 aliphatic heterocycles. The third-order valence-electron chi connectivity index (χ3n) is 3.03. The molecular weight excluding hydrogens is 307 g/mol. The molecular formula is C12H14ClFN2O3S. The minimum absolute atomic E-state index is 0.0949. The van der Waals surface area contributed by atoms with Crippen molar-refractivity contribution in [2.45, 2.75) is 18.2 Å². The van der Waals surface area contributed by atoms with Crippen molar-refractivity contribution in [3.63, 3.8) is 0 Å². The van der Waals surface area contributed by atoms with Crippen molar-refractivity contribution in [1.82, 2.24) is 9.62 Å². The Bertz CT molecular complexity index is 636. The van der Waals surface area contributed by atoms with Crippen LogP contribution in [-0.2, 0) is 20.6 Å². The van der Waals surface area contributed by atoms with Crippen LogP contribution in [0.5, 0.6) is 0 Å². The van der Waals surface area contributed by atoms with Crippen molar-refractivity contribution in [2.75, 3.05) is 13.6 Å². The highest BCUT2D eigenvalue weighted by atomic mass is 35.5. The topological polar surface area (TPSA) is 66.5 Å². The van der Waals surface area contributed by atoms with Gasteiger partial charge in [0.1, 0.15) is 5.82 Å². The lowest BCUT2D eigenvalue weighted by atomic mass is 10.2. The van der Waals surface area contributed by atoms with Gasteiger partial charge < -0.3 is 4.90 Å². The molecule has 8 heteroatoms. The number of nitrogens with zero attached hydrogens (tertiary/aromatic N) is 1. The van der Waals surface area contributed by atoms with Gasteiger partial charge in [0.15, 0.2) is 0 Å². The normalized spacial score (nSPS) is 19.6. The van der Waals surface area contributed by atoms with E-state index in [-0.39, 0.29) is 23.1 Å². The number of likely N-dealkylation sites (N-methyl/N-ethyl adjacent to an activating group) is 1. The predicted octanol–water partition coefficient (Wildman–Crippen LogP) is 1.13. The Morgan fingerprint density at radius 1 is 1.50 bits per heavy atom. The van der Waals surface area contributed by atoms with Gasteiger partial charge in [0.25, 0.3) is 0 Å². The average Bonchev–Trinajstić information content (AvgIpc) is 2.61. The van der Waals surface area contributed by atoms with Gasteiger partial charge in [-0.15, -0.1) is 0 Å². The van der Waals surface area contributed by atoms with Crippen LogP contribution in [0.2, 0.25) is 5.02 Å². The third kappa shape index (κ3) is 3.68. The van der Waals surface area contributed by atoms with Crippen molar-refractivity contribution < 1.29 is 17.6 Å². The molecule has 1 aromatic rings. The fourth-order valence-corrected chi connectivity index (χ4v) is 3.66. The first-order valence-electron chi connectivity index (χ1n) is 5.95. The molecule has 0 radical (unpaired) electrons. The number of benzene rings is 1. The Morgan fingerprint density at radius 3 is 2.75 bits per heavy atom. The summed E-state index contributed by atoms with van der Waals surface area (Å²) in [5.41, 5.74) is 0.390. The number of carbonyl (C=O) groups is 1. The zero-order valence-corrected chi connectivity index (χ0v) is 12.3. The number of carbonyl (C=O) groups excluding carboxylic acids is 1. The second-order valence-corrected chi connectivity index (χ2v) is 6.96. The number of amides is 1. The van der Waals surface area contributed by atoms with Crippen molar-refractivity contribution >= 4 is 27.5 Å². The van der Waals surface area contributed by atoms with Gasteiger partial charge in [-0.3, -0.25) is 4.79 Å². The highest BCUT2D eigenvalue weighted by molar-refractivity contribution is 7.88. The molecule has 0 aliphatic carbocycles. The summed E-state index contributed by atoms with van der Waals surface area (Å²) in [5, 5.41) is -0.117. The van der Waals surface area contributed by atoms with Gasteiger partial charge in [-0.1, -0.05) is 17.7 Å². The second kappa shape index (κ2) is 5.67. The Kier molecular flexibility index (Phi) is 4.31. The first-order valence-corrected chi connectivity index (χ1v) is 7.98. The summed E-state index contributed by atoms with van der Waals surface area (Å²) < 4.78 is 39.5. The molecule has 20 heavy (non-hydrogen) atoms. The maximum atomic E-state index is 13.0. The van der Waals surface area contributed by atoms with E-state index in [4.69, 9.17) is 11.6 Å². The lowest BCUT2D eigenvalue weighted by Gasteiger charge is -2.13.